The Morgan fingerprint density at radius 3 is 2.38 bits per heavy atom. The maximum Gasteiger partial charge on any atom is 0.435 e. The Bertz CT molecular complexity index is 1830. The number of carbonyl (C=O) groups excluding carboxylic acids is 3. The Kier molecular flexibility index (Phi) is 7.93. The summed E-state index contributed by atoms with van der Waals surface area (Å²) in [5.41, 5.74) is 0.626. The van der Waals surface area contributed by atoms with Gasteiger partial charge in [-0.25, -0.2) is 22.0 Å². The van der Waals surface area contributed by atoms with Gasteiger partial charge in [0.25, 0.3) is 11.8 Å². The van der Waals surface area contributed by atoms with Crippen molar-refractivity contribution < 1.29 is 49.5 Å². The molecular formula is C29H19F8N5O3. The summed E-state index contributed by atoms with van der Waals surface area (Å²) < 4.78 is 112. The number of fused-ring (bicyclic) bond motifs is 1. The van der Waals surface area contributed by atoms with Gasteiger partial charge in [0.15, 0.2) is 11.5 Å². The largest absolute Gasteiger partial charge is 0.435 e. The number of hydrogen-bond donors (Lipinski definition) is 2. The molecule has 5 rings (SSSR count). The zero-order valence-electron chi connectivity index (χ0n) is 22.6. The molecule has 0 aliphatic heterocycles. The van der Waals surface area contributed by atoms with Gasteiger partial charge in [-0.05, 0) is 41.5 Å². The van der Waals surface area contributed by atoms with E-state index in [4.69, 9.17) is 5.73 Å². The van der Waals surface area contributed by atoms with Crippen LogP contribution in [-0.2, 0) is 29.9 Å². The monoisotopic (exact) mass is 637 g/mol. The van der Waals surface area contributed by atoms with Gasteiger partial charge < -0.3 is 11.1 Å². The fourth-order valence-electron chi connectivity index (χ4n) is 5.12. The smallest absolute Gasteiger partial charge is 0.366 e. The molecule has 2 amide bonds. The van der Waals surface area contributed by atoms with E-state index < -0.39 is 88.7 Å². The van der Waals surface area contributed by atoms with Crippen molar-refractivity contribution in [2.45, 2.75) is 37.5 Å². The Hall–Kier alpha value is -5.15. The number of nitrogens with one attached hydrogen (secondary N) is 1. The molecule has 16 heteroatoms. The van der Waals surface area contributed by atoms with E-state index in [0.29, 0.717) is 11.6 Å². The normalized spacial score (nSPS) is 14.7. The van der Waals surface area contributed by atoms with E-state index in [1.807, 2.05) is 0 Å². The van der Waals surface area contributed by atoms with E-state index in [1.54, 1.807) is 0 Å². The van der Waals surface area contributed by atoms with Crippen molar-refractivity contribution in [3.63, 3.8) is 0 Å². The fourth-order valence-corrected chi connectivity index (χ4v) is 5.12. The van der Waals surface area contributed by atoms with Gasteiger partial charge in [-0.2, -0.15) is 18.3 Å². The van der Waals surface area contributed by atoms with E-state index >= 15 is 0 Å². The number of alkyl halides is 5. The molecule has 2 heterocycles. The number of Topliss-reactive ketones (excluding diaryl/α,β-unsaturated/α-hetero) is 1. The van der Waals surface area contributed by atoms with Crippen LogP contribution in [0, 0.1) is 17.5 Å². The Labute approximate surface area is 247 Å². The van der Waals surface area contributed by atoms with Crippen molar-refractivity contribution in [3.8, 4) is 11.1 Å². The van der Waals surface area contributed by atoms with Crippen LogP contribution in [0.25, 0.3) is 11.1 Å². The number of carbonyl (C=O) groups is 3. The number of halogens is 8. The first kappa shape index (κ1) is 31.3. The zero-order valence-corrected chi connectivity index (χ0v) is 22.6. The number of pyridine rings is 1. The highest BCUT2D eigenvalue weighted by atomic mass is 19.4. The number of primary amides is 1. The highest BCUT2D eigenvalue weighted by Crippen LogP contribution is 2.47. The van der Waals surface area contributed by atoms with Gasteiger partial charge in [0.1, 0.15) is 29.7 Å². The lowest BCUT2D eigenvalue weighted by Gasteiger charge is -2.21. The molecule has 1 aliphatic carbocycles. The topological polar surface area (TPSA) is 120 Å². The zero-order chi connectivity index (χ0) is 32.8. The van der Waals surface area contributed by atoms with Gasteiger partial charge in [-0.15, -0.1) is 0 Å². The first-order chi connectivity index (χ1) is 21.0. The molecule has 2 aromatic heterocycles. The van der Waals surface area contributed by atoms with Crippen LogP contribution in [0.2, 0.25) is 0 Å². The maximum absolute atomic E-state index is 14.3. The molecule has 0 spiro atoms. The average molecular weight is 637 g/mol. The highest BCUT2D eigenvalue weighted by Gasteiger charge is 2.55. The lowest BCUT2D eigenvalue weighted by molar-refractivity contribution is -0.145. The van der Waals surface area contributed by atoms with Gasteiger partial charge in [0.2, 0.25) is 5.91 Å². The summed E-state index contributed by atoms with van der Waals surface area (Å²) in [4.78, 5) is 41.3. The van der Waals surface area contributed by atoms with Crippen molar-refractivity contribution in [1.29, 1.82) is 0 Å². The molecule has 3 N–H and O–H groups in total. The third-order valence-corrected chi connectivity index (χ3v) is 6.98. The highest BCUT2D eigenvalue weighted by molar-refractivity contribution is 6.01. The number of hydrogen-bond acceptors (Lipinski definition) is 5. The minimum atomic E-state index is -5.37. The molecule has 2 aromatic carbocycles. The summed E-state index contributed by atoms with van der Waals surface area (Å²) in [7, 11) is 0. The second-order valence-electron chi connectivity index (χ2n) is 10.1. The minimum absolute atomic E-state index is 0.154. The van der Waals surface area contributed by atoms with E-state index in [2.05, 4.69) is 15.4 Å². The van der Waals surface area contributed by atoms with Crippen molar-refractivity contribution in [2.24, 2.45) is 5.73 Å². The molecule has 45 heavy (non-hydrogen) atoms. The minimum Gasteiger partial charge on any atom is -0.366 e. The van der Waals surface area contributed by atoms with Crippen LogP contribution >= 0.6 is 0 Å². The second-order valence-corrected chi connectivity index (χ2v) is 10.1. The molecular weight excluding hydrogens is 618 g/mol. The Balaban J connectivity index is 1.51. The lowest BCUT2D eigenvalue weighted by atomic mass is 9.95. The predicted octanol–water partition coefficient (Wildman–Crippen LogP) is 5.26. The summed E-state index contributed by atoms with van der Waals surface area (Å²) in [6.07, 6.45) is -5.90. The van der Waals surface area contributed by atoms with E-state index in [-0.39, 0.29) is 27.9 Å². The fraction of sp³-hybridized carbons (Fsp3) is 0.207. The summed E-state index contributed by atoms with van der Waals surface area (Å²) in [5, 5.41) is 5.48. The Morgan fingerprint density at radius 1 is 1.04 bits per heavy atom. The molecule has 1 unspecified atom stereocenters. The van der Waals surface area contributed by atoms with Crippen molar-refractivity contribution >= 4 is 17.6 Å². The van der Waals surface area contributed by atoms with Crippen LogP contribution in [0.5, 0.6) is 0 Å². The number of benzene rings is 2. The summed E-state index contributed by atoms with van der Waals surface area (Å²) in [6, 6.07) is 7.40. The van der Waals surface area contributed by atoms with Crippen molar-refractivity contribution in [2.75, 3.05) is 0 Å². The third kappa shape index (κ3) is 6.25. The summed E-state index contributed by atoms with van der Waals surface area (Å²) >= 11 is 0. The molecule has 1 atom stereocenters. The molecule has 0 radical (unpaired) electrons. The van der Waals surface area contributed by atoms with Crippen LogP contribution in [0.15, 0.2) is 54.7 Å². The second kappa shape index (κ2) is 11.4. The van der Waals surface area contributed by atoms with Crippen LogP contribution in [0.3, 0.4) is 0 Å². The number of nitrogens with two attached hydrogens (primary N) is 1. The van der Waals surface area contributed by atoms with Crippen molar-refractivity contribution in [1.82, 2.24) is 20.1 Å². The molecule has 1 aliphatic rings. The number of rotatable bonds is 8. The SMILES string of the molecule is NC(=O)c1cc(-c2cccnc2CC(NC(=O)Cn2nc(C(F)(F)F)c3c2C(=O)CC3(F)F)c2cc(F)cc(F)c2)ccc1F. The molecule has 8 nitrogen and oxygen atoms in total. The molecule has 0 bridgehead atoms. The van der Waals surface area contributed by atoms with E-state index in [0.717, 1.165) is 24.3 Å². The molecule has 234 valence electrons. The van der Waals surface area contributed by atoms with Gasteiger partial charge in [0, 0.05) is 24.2 Å². The van der Waals surface area contributed by atoms with Gasteiger partial charge in [-0.3, -0.25) is 24.0 Å². The first-order valence-electron chi connectivity index (χ1n) is 12.9. The quantitative estimate of drug-likeness (QED) is 0.256. The number of aromatic nitrogens is 3. The van der Waals surface area contributed by atoms with E-state index in [9.17, 15) is 49.5 Å². The van der Waals surface area contributed by atoms with Crippen LogP contribution in [0.4, 0.5) is 35.1 Å². The summed E-state index contributed by atoms with van der Waals surface area (Å²) in [5.74, 6) is -10.7. The number of ketones is 1. The predicted molar refractivity (Wildman–Crippen MR) is 139 cm³/mol. The van der Waals surface area contributed by atoms with Gasteiger partial charge in [0.05, 0.1) is 29.3 Å². The molecule has 0 saturated heterocycles. The Morgan fingerprint density at radius 2 is 1.73 bits per heavy atom. The van der Waals surface area contributed by atoms with Crippen LogP contribution in [0.1, 0.15) is 55.8 Å². The first-order valence-corrected chi connectivity index (χ1v) is 12.9. The van der Waals surface area contributed by atoms with Crippen LogP contribution < -0.4 is 11.1 Å². The van der Waals surface area contributed by atoms with Gasteiger partial charge in [-0.1, -0.05) is 12.1 Å². The average Bonchev–Trinajstić information content (AvgIpc) is 3.44. The standard InChI is InChI=1S/C29H19F8N5O3/c30-15-6-14(7-16(31)9-15)20(10-21-17(2-1-5-39-21)13-3-4-19(32)18(8-13)27(38)45)40-23(44)12-42-25-22(43)11-28(33,34)24(25)26(41-42)29(35,36)37/h1-9,20H,10-12H2,(H2,38,45)(H,40,44). The summed E-state index contributed by atoms with van der Waals surface area (Å²) in [6.45, 7) is -1.14. The van der Waals surface area contributed by atoms with Crippen LogP contribution in [-0.4, -0.2) is 32.4 Å². The lowest BCUT2D eigenvalue weighted by Crippen LogP contribution is -2.34. The number of nitrogens with zero attached hydrogens (tertiary/aromatic N) is 3. The van der Waals surface area contributed by atoms with Crippen molar-refractivity contribution in [3.05, 3.63) is 106 Å². The maximum atomic E-state index is 14.3. The van der Waals surface area contributed by atoms with Gasteiger partial charge >= 0.3 is 6.18 Å². The molecule has 0 fully saturated rings. The molecule has 0 saturated carbocycles. The third-order valence-electron chi connectivity index (χ3n) is 6.98. The van der Waals surface area contributed by atoms with E-state index in [1.165, 1.54) is 24.4 Å². The number of amides is 2. The molecule has 4 aromatic rings.